The summed E-state index contributed by atoms with van der Waals surface area (Å²) >= 11 is 0. The predicted octanol–water partition coefficient (Wildman–Crippen LogP) is 2.21. The highest BCUT2D eigenvalue weighted by molar-refractivity contribution is 5.39. The van der Waals surface area contributed by atoms with Crippen LogP contribution in [0.1, 0.15) is 32.4 Å². The molecule has 0 saturated heterocycles. The highest BCUT2D eigenvalue weighted by atomic mass is 15.2. The fourth-order valence-corrected chi connectivity index (χ4v) is 1.55. The van der Waals surface area contributed by atoms with Crippen molar-refractivity contribution in [1.29, 1.82) is 0 Å². The van der Waals surface area contributed by atoms with Crippen LogP contribution in [0, 0.1) is 0 Å². The molecule has 0 saturated carbocycles. The topological polar surface area (TPSA) is 28.2 Å². The van der Waals surface area contributed by atoms with Crippen molar-refractivity contribution in [3.63, 3.8) is 0 Å². The van der Waals surface area contributed by atoms with Gasteiger partial charge in [0.2, 0.25) is 0 Å². The molecule has 1 atom stereocenters. The van der Waals surface area contributed by atoms with Gasteiger partial charge in [-0.3, -0.25) is 0 Å². The van der Waals surface area contributed by atoms with Crippen molar-refractivity contribution in [3.8, 4) is 0 Å². The first-order valence-electron chi connectivity index (χ1n) is 5.61. The Bertz CT molecular complexity index is 277. The SMILES string of the molecule is CCN(CC)c1ccc(C(C)NC)cn1. The molecule has 0 aliphatic heterocycles. The zero-order valence-electron chi connectivity index (χ0n) is 10.1. The van der Waals surface area contributed by atoms with Crippen molar-refractivity contribution < 1.29 is 0 Å². The molecule has 1 unspecified atom stereocenters. The molecule has 1 heterocycles. The second-order valence-corrected chi connectivity index (χ2v) is 3.63. The summed E-state index contributed by atoms with van der Waals surface area (Å²) in [4.78, 5) is 6.72. The van der Waals surface area contributed by atoms with Gasteiger partial charge < -0.3 is 10.2 Å². The summed E-state index contributed by atoms with van der Waals surface area (Å²) in [7, 11) is 1.96. The molecule has 1 aromatic heterocycles. The van der Waals surface area contributed by atoms with E-state index in [1.807, 2.05) is 13.2 Å². The smallest absolute Gasteiger partial charge is 0.128 e. The average molecular weight is 207 g/mol. The quantitative estimate of drug-likeness (QED) is 0.802. The minimum Gasteiger partial charge on any atom is -0.357 e. The zero-order chi connectivity index (χ0) is 11.3. The second kappa shape index (κ2) is 5.71. The minimum absolute atomic E-state index is 0.364. The van der Waals surface area contributed by atoms with Gasteiger partial charge in [0.25, 0.3) is 0 Å². The van der Waals surface area contributed by atoms with Crippen LogP contribution >= 0.6 is 0 Å². The summed E-state index contributed by atoms with van der Waals surface area (Å²) in [5.74, 6) is 1.06. The normalized spacial score (nSPS) is 12.5. The average Bonchev–Trinajstić information content (AvgIpc) is 2.30. The van der Waals surface area contributed by atoms with E-state index in [4.69, 9.17) is 0 Å². The van der Waals surface area contributed by atoms with Crippen LogP contribution in [-0.2, 0) is 0 Å². The van der Waals surface area contributed by atoms with Gasteiger partial charge in [-0.05, 0) is 39.4 Å². The number of nitrogens with one attached hydrogen (secondary N) is 1. The van der Waals surface area contributed by atoms with E-state index in [0.29, 0.717) is 6.04 Å². The third-order valence-electron chi connectivity index (χ3n) is 2.79. The Hall–Kier alpha value is -1.09. The van der Waals surface area contributed by atoms with E-state index in [1.54, 1.807) is 0 Å². The Kier molecular flexibility index (Phi) is 4.56. The van der Waals surface area contributed by atoms with E-state index in [0.717, 1.165) is 18.9 Å². The lowest BCUT2D eigenvalue weighted by molar-refractivity contribution is 0.649. The van der Waals surface area contributed by atoms with E-state index in [-0.39, 0.29) is 0 Å². The minimum atomic E-state index is 0.364. The van der Waals surface area contributed by atoms with Crippen LogP contribution in [0.4, 0.5) is 5.82 Å². The number of aromatic nitrogens is 1. The molecular formula is C12H21N3. The molecule has 0 fully saturated rings. The van der Waals surface area contributed by atoms with Gasteiger partial charge in [0.1, 0.15) is 5.82 Å². The number of hydrogen-bond donors (Lipinski definition) is 1. The van der Waals surface area contributed by atoms with Crippen molar-refractivity contribution in [3.05, 3.63) is 23.9 Å². The number of nitrogens with zero attached hydrogens (tertiary/aromatic N) is 2. The highest BCUT2D eigenvalue weighted by Gasteiger charge is 2.05. The van der Waals surface area contributed by atoms with Crippen LogP contribution in [0.2, 0.25) is 0 Å². The first-order chi connectivity index (χ1) is 7.22. The monoisotopic (exact) mass is 207 g/mol. The zero-order valence-corrected chi connectivity index (χ0v) is 10.1. The Balaban J connectivity index is 2.79. The van der Waals surface area contributed by atoms with Crippen LogP contribution in [-0.4, -0.2) is 25.1 Å². The Morgan fingerprint density at radius 1 is 1.33 bits per heavy atom. The lowest BCUT2D eigenvalue weighted by Crippen LogP contribution is -2.23. The molecule has 1 rings (SSSR count). The molecule has 0 aliphatic carbocycles. The van der Waals surface area contributed by atoms with Crippen LogP contribution < -0.4 is 10.2 Å². The van der Waals surface area contributed by atoms with Crippen LogP contribution in [0.15, 0.2) is 18.3 Å². The second-order valence-electron chi connectivity index (χ2n) is 3.63. The molecule has 15 heavy (non-hydrogen) atoms. The van der Waals surface area contributed by atoms with Crippen molar-refractivity contribution in [2.45, 2.75) is 26.8 Å². The Labute approximate surface area is 92.5 Å². The first-order valence-corrected chi connectivity index (χ1v) is 5.61. The number of hydrogen-bond acceptors (Lipinski definition) is 3. The molecule has 1 aromatic rings. The van der Waals surface area contributed by atoms with E-state index >= 15 is 0 Å². The van der Waals surface area contributed by atoms with Gasteiger partial charge >= 0.3 is 0 Å². The molecule has 0 aromatic carbocycles. The van der Waals surface area contributed by atoms with Gasteiger partial charge in [-0.25, -0.2) is 4.98 Å². The van der Waals surface area contributed by atoms with Gasteiger partial charge in [0.15, 0.2) is 0 Å². The largest absolute Gasteiger partial charge is 0.357 e. The molecule has 3 heteroatoms. The van der Waals surface area contributed by atoms with Gasteiger partial charge in [-0.1, -0.05) is 6.07 Å². The number of anilines is 1. The molecule has 0 aliphatic rings. The fraction of sp³-hybridized carbons (Fsp3) is 0.583. The molecule has 3 nitrogen and oxygen atoms in total. The van der Waals surface area contributed by atoms with E-state index in [2.05, 4.69) is 48.1 Å². The van der Waals surface area contributed by atoms with Gasteiger partial charge in [-0.2, -0.15) is 0 Å². The molecule has 0 amide bonds. The Morgan fingerprint density at radius 2 is 2.00 bits per heavy atom. The summed E-state index contributed by atoms with van der Waals surface area (Å²) in [5.41, 5.74) is 1.23. The summed E-state index contributed by atoms with van der Waals surface area (Å²) < 4.78 is 0. The van der Waals surface area contributed by atoms with E-state index in [1.165, 1.54) is 5.56 Å². The summed E-state index contributed by atoms with van der Waals surface area (Å²) in [5, 5.41) is 3.20. The fourth-order valence-electron chi connectivity index (χ4n) is 1.55. The third kappa shape index (κ3) is 2.93. The van der Waals surface area contributed by atoms with Crippen molar-refractivity contribution in [2.75, 3.05) is 25.0 Å². The maximum absolute atomic E-state index is 4.48. The third-order valence-corrected chi connectivity index (χ3v) is 2.79. The van der Waals surface area contributed by atoms with E-state index in [9.17, 15) is 0 Å². The predicted molar refractivity (Wildman–Crippen MR) is 65.3 cm³/mol. The molecule has 0 spiro atoms. The van der Waals surface area contributed by atoms with Crippen molar-refractivity contribution in [1.82, 2.24) is 10.3 Å². The van der Waals surface area contributed by atoms with Crippen molar-refractivity contribution in [2.24, 2.45) is 0 Å². The van der Waals surface area contributed by atoms with Gasteiger partial charge in [0, 0.05) is 25.3 Å². The standard InChI is InChI=1S/C12H21N3/c1-5-15(6-2)12-8-7-11(9-14-12)10(3)13-4/h7-10,13H,5-6H2,1-4H3. The van der Waals surface area contributed by atoms with Crippen LogP contribution in [0.25, 0.3) is 0 Å². The molecule has 84 valence electrons. The number of rotatable bonds is 5. The maximum atomic E-state index is 4.48. The van der Waals surface area contributed by atoms with Crippen LogP contribution in [0.3, 0.4) is 0 Å². The number of pyridine rings is 1. The van der Waals surface area contributed by atoms with Gasteiger partial charge in [-0.15, -0.1) is 0 Å². The summed E-state index contributed by atoms with van der Waals surface area (Å²) in [6, 6.07) is 4.60. The molecule has 0 bridgehead atoms. The molecule has 1 N–H and O–H groups in total. The highest BCUT2D eigenvalue weighted by Crippen LogP contribution is 2.15. The summed E-state index contributed by atoms with van der Waals surface area (Å²) in [6.07, 6.45) is 1.95. The molecule has 0 radical (unpaired) electrons. The van der Waals surface area contributed by atoms with E-state index < -0.39 is 0 Å². The molecular weight excluding hydrogens is 186 g/mol. The van der Waals surface area contributed by atoms with Gasteiger partial charge in [0.05, 0.1) is 0 Å². The maximum Gasteiger partial charge on any atom is 0.128 e. The first kappa shape index (κ1) is 12.0. The lowest BCUT2D eigenvalue weighted by atomic mass is 10.1. The lowest BCUT2D eigenvalue weighted by Gasteiger charge is -2.20. The van der Waals surface area contributed by atoms with Crippen LogP contribution in [0.5, 0.6) is 0 Å². The summed E-state index contributed by atoms with van der Waals surface area (Å²) in [6.45, 7) is 8.44. The Morgan fingerprint density at radius 3 is 2.40 bits per heavy atom. The van der Waals surface area contributed by atoms with Crippen molar-refractivity contribution >= 4 is 5.82 Å².